The maximum absolute atomic E-state index is 12.8. The van der Waals surface area contributed by atoms with E-state index in [0.717, 1.165) is 27.9 Å². The van der Waals surface area contributed by atoms with Crippen molar-refractivity contribution in [2.75, 3.05) is 19.5 Å². The second-order valence-electron chi connectivity index (χ2n) is 7.57. The van der Waals surface area contributed by atoms with E-state index < -0.39 is 0 Å². The van der Waals surface area contributed by atoms with E-state index in [-0.39, 0.29) is 11.9 Å². The van der Waals surface area contributed by atoms with Gasteiger partial charge >= 0.3 is 0 Å². The van der Waals surface area contributed by atoms with Gasteiger partial charge in [0.1, 0.15) is 11.5 Å². The number of benzene rings is 2. The van der Waals surface area contributed by atoms with Crippen molar-refractivity contribution in [1.82, 2.24) is 5.32 Å². The molecule has 0 saturated heterocycles. The van der Waals surface area contributed by atoms with E-state index >= 15 is 0 Å². The molecule has 0 atom stereocenters. The quantitative estimate of drug-likeness (QED) is 0.709. The summed E-state index contributed by atoms with van der Waals surface area (Å²) in [5.74, 6) is 1.11. The van der Waals surface area contributed by atoms with Gasteiger partial charge in [0.25, 0.3) is 5.91 Å². The zero-order valence-electron chi connectivity index (χ0n) is 18.2. The highest BCUT2D eigenvalue weighted by Crippen LogP contribution is 2.44. The summed E-state index contributed by atoms with van der Waals surface area (Å²) in [6, 6.07) is 8.61. The molecule has 0 bridgehead atoms. The van der Waals surface area contributed by atoms with E-state index in [1.165, 1.54) is 0 Å². The summed E-state index contributed by atoms with van der Waals surface area (Å²) >= 11 is 0. The van der Waals surface area contributed by atoms with Crippen LogP contribution in [0.2, 0.25) is 0 Å². The Kier molecular flexibility index (Phi) is 6.95. The number of amides is 1. The summed E-state index contributed by atoms with van der Waals surface area (Å²) in [6.45, 7) is 11.9. The third-order valence-corrected chi connectivity index (χ3v) is 4.57. The molecule has 0 aromatic heterocycles. The molecule has 0 heterocycles. The van der Waals surface area contributed by atoms with Crippen molar-refractivity contribution in [1.29, 1.82) is 0 Å². The first-order valence-corrected chi connectivity index (χ1v) is 9.64. The zero-order chi connectivity index (χ0) is 21.0. The maximum atomic E-state index is 12.8. The van der Waals surface area contributed by atoms with Crippen molar-refractivity contribution in [2.24, 2.45) is 0 Å². The van der Waals surface area contributed by atoms with Crippen molar-refractivity contribution in [3.05, 3.63) is 41.0 Å². The number of rotatable bonds is 7. The van der Waals surface area contributed by atoms with Crippen LogP contribution in [0.4, 0.5) is 5.69 Å². The normalized spacial score (nSPS) is 10.9. The third kappa shape index (κ3) is 4.41. The second kappa shape index (κ2) is 9.00. The lowest BCUT2D eigenvalue weighted by atomic mass is 9.91. The first-order chi connectivity index (χ1) is 13.2. The van der Waals surface area contributed by atoms with E-state index in [1.807, 2.05) is 27.7 Å². The second-order valence-corrected chi connectivity index (χ2v) is 7.57. The molecule has 0 saturated carbocycles. The Balaban J connectivity index is 2.65. The van der Waals surface area contributed by atoms with Gasteiger partial charge < -0.3 is 20.1 Å². The number of carbonyl (C=O) groups is 1. The highest BCUT2D eigenvalue weighted by atomic mass is 16.5. The monoisotopic (exact) mass is 384 g/mol. The summed E-state index contributed by atoms with van der Waals surface area (Å²) < 4.78 is 11.4. The molecule has 2 N–H and O–H groups in total. The minimum atomic E-state index is -0.159. The Hall–Kier alpha value is -2.69. The van der Waals surface area contributed by atoms with E-state index in [1.54, 1.807) is 14.2 Å². The van der Waals surface area contributed by atoms with Crippen LogP contribution in [0, 0.1) is 13.8 Å². The molecule has 28 heavy (non-hydrogen) atoms. The van der Waals surface area contributed by atoms with Gasteiger partial charge in [0.2, 0.25) is 0 Å². The van der Waals surface area contributed by atoms with Crippen LogP contribution in [-0.2, 0) is 0 Å². The summed E-state index contributed by atoms with van der Waals surface area (Å²) in [4.78, 5) is 12.8. The minimum Gasteiger partial charge on any atom is -0.496 e. The van der Waals surface area contributed by atoms with Crippen molar-refractivity contribution in [3.8, 4) is 22.6 Å². The number of carbonyl (C=O) groups excluding carboxylic acids is 1. The molecule has 0 unspecified atom stereocenters. The van der Waals surface area contributed by atoms with Gasteiger partial charge in [-0.3, -0.25) is 4.79 Å². The van der Waals surface area contributed by atoms with Gasteiger partial charge in [-0.1, -0.05) is 12.1 Å². The van der Waals surface area contributed by atoms with Gasteiger partial charge in [-0.2, -0.15) is 0 Å². The largest absolute Gasteiger partial charge is 0.496 e. The number of methoxy groups -OCH3 is 2. The van der Waals surface area contributed by atoms with E-state index in [0.29, 0.717) is 23.1 Å². The van der Waals surface area contributed by atoms with Crippen LogP contribution >= 0.6 is 0 Å². The summed E-state index contributed by atoms with van der Waals surface area (Å²) in [6.07, 6.45) is 0. The molecule has 5 nitrogen and oxygen atoms in total. The Morgan fingerprint density at radius 1 is 0.857 bits per heavy atom. The van der Waals surface area contributed by atoms with Crippen molar-refractivity contribution in [3.63, 3.8) is 0 Å². The predicted octanol–water partition coefficient (Wildman–Crippen LogP) is 4.95. The lowest BCUT2D eigenvalue weighted by Crippen LogP contribution is -2.31. The van der Waals surface area contributed by atoms with Crippen LogP contribution in [-0.4, -0.2) is 32.2 Å². The summed E-state index contributed by atoms with van der Waals surface area (Å²) in [7, 11) is 3.23. The fraction of sp³-hybridized carbons (Fsp3) is 0.435. The van der Waals surface area contributed by atoms with Crippen molar-refractivity contribution in [2.45, 2.75) is 53.6 Å². The third-order valence-electron chi connectivity index (χ3n) is 4.57. The average Bonchev–Trinajstić information content (AvgIpc) is 2.62. The molecule has 0 radical (unpaired) electrons. The molecule has 2 aromatic rings. The first kappa shape index (κ1) is 21.6. The number of hydrogen-bond acceptors (Lipinski definition) is 4. The number of anilines is 1. The Labute approximate surface area is 168 Å². The maximum Gasteiger partial charge on any atom is 0.255 e. The van der Waals surface area contributed by atoms with E-state index in [2.05, 4.69) is 48.7 Å². The molecular weight excluding hydrogens is 352 g/mol. The topological polar surface area (TPSA) is 59.6 Å². The Bertz CT molecular complexity index is 840. The minimum absolute atomic E-state index is 0.0311. The highest BCUT2D eigenvalue weighted by Gasteiger charge is 2.26. The molecular formula is C23H32N2O3. The van der Waals surface area contributed by atoms with Crippen LogP contribution in [0.3, 0.4) is 0 Å². The lowest BCUT2D eigenvalue weighted by Gasteiger charge is -2.22. The Morgan fingerprint density at radius 3 is 1.89 bits per heavy atom. The highest BCUT2D eigenvalue weighted by molar-refractivity contribution is 6.01. The molecule has 1 amide bonds. The van der Waals surface area contributed by atoms with Crippen LogP contribution in [0.5, 0.6) is 11.5 Å². The zero-order valence-corrected chi connectivity index (χ0v) is 18.2. The molecule has 0 aliphatic rings. The van der Waals surface area contributed by atoms with Crippen LogP contribution in [0.15, 0.2) is 24.3 Å². The molecule has 0 aliphatic carbocycles. The molecule has 2 rings (SSSR count). The van der Waals surface area contributed by atoms with Crippen molar-refractivity contribution < 1.29 is 14.3 Å². The Morgan fingerprint density at radius 2 is 1.43 bits per heavy atom. The van der Waals surface area contributed by atoms with E-state index in [9.17, 15) is 4.79 Å². The average molecular weight is 385 g/mol. The smallest absolute Gasteiger partial charge is 0.255 e. The van der Waals surface area contributed by atoms with E-state index in [4.69, 9.17) is 9.47 Å². The first-order valence-electron chi connectivity index (χ1n) is 9.64. The molecule has 152 valence electrons. The predicted molar refractivity (Wildman–Crippen MR) is 116 cm³/mol. The van der Waals surface area contributed by atoms with Crippen LogP contribution in [0.25, 0.3) is 11.1 Å². The molecule has 0 spiro atoms. The number of hydrogen-bond donors (Lipinski definition) is 2. The lowest BCUT2D eigenvalue weighted by molar-refractivity contribution is 0.0939. The SMILES string of the molecule is COc1c(C)c(-c2ccc(NC(C)C)cc2)c(OC)c(C)c1C(=O)NC(C)C. The van der Waals surface area contributed by atoms with Gasteiger partial charge in [-0.05, 0) is 59.2 Å². The molecule has 5 heteroatoms. The molecule has 2 aromatic carbocycles. The van der Waals surface area contributed by atoms with Crippen LogP contribution in [0.1, 0.15) is 49.2 Å². The summed E-state index contributed by atoms with van der Waals surface area (Å²) in [5.41, 5.74) is 5.18. The van der Waals surface area contributed by atoms with Gasteiger partial charge in [-0.15, -0.1) is 0 Å². The fourth-order valence-electron chi connectivity index (χ4n) is 3.47. The standard InChI is InChI=1S/C23H32N2O3/c1-13(2)24-18-11-9-17(10-12-18)19-15(5)22(28-8)20(16(6)21(19)27-7)23(26)25-14(3)4/h9-14,24H,1-8H3,(H,25,26). The van der Waals surface area contributed by atoms with Crippen LogP contribution < -0.4 is 20.1 Å². The molecule has 0 aliphatic heterocycles. The summed E-state index contributed by atoms with van der Waals surface area (Å²) in [5, 5.41) is 6.35. The van der Waals surface area contributed by atoms with Gasteiger partial charge in [0.15, 0.2) is 0 Å². The van der Waals surface area contributed by atoms with Gasteiger partial charge in [0, 0.05) is 34.5 Å². The van der Waals surface area contributed by atoms with Gasteiger partial charge in [-0.25, -0.2) is 0 Å². The molecule has 0 fully saturated rings. The number of ether oxygens (including phenoxy) is 2. The van der Waals surface area contributed by atoms with Gasteiger partial charge in [0.05, 0.1) is 19.8 Å². The fourth-order valence-corrected chi connectivity index (χ4v) is 3.47. The van der Waals surface area contributed by atoms with Crippen molar-refractivity contribution >= 4 is 11.6 Å². The number of nitrogens with one attached hydrogen (secondary N) is 2.